The highest BCUT2D eigenvalue weighted by molar-refractivity contribution is 5.95. The van der Waals surface area contributed by atoms with E-state index in [1.165, 1.54) is 12.1 Å². The molecule has 1 aromatic heterocycles. The molecule has 0 aliphatic carbocycles. The van der Waals surface area contributed by atoms with E-state index in [0.29, 0.717) is 31.0 Å². The van der Waals surface area contributed by atoms with Gasteiger partial charge in [0.25, 0.3) is 5.91 Å². The predicted molar refractivity (Wildman–Crippen MR) is 109 cm³/mol. The van der Waals surface area contributed by atoms with Crippen molar-refractivity contribution in [1.29, 1.82) is 0 Å². The molecule has 0 spiro atoms. The summed E-state index contributed by atoms with van der Waals surface area (Å²) >= 11 is 0. The number of hydrogen-bond donors (Lipinski definition) is 1. The van der Waals surface area contributed by atoms with E-state index in [-0.39, 0.29) is 17.8 Å². The first-order valence-electron chi connectivity index (χ1n) is 9.61. The second-order valence-electron chi connectivity index (χ2n) is 6.94. The molecule has 1 N–H and O–H groups in total. The van der Waals surface area contributed by atoms with Crippen LogP contribution in [0.5, 0.6) is 5.75 Å². The molecule has 148 valence electrons. The lowest BCUT2D eigenvalue weighted by molar-refractivity contribution is 0.0559. The SMILES string of the molecule is O=C(c1cccc(-c2ccc(F)cc2)c1)N1CCNCC1COc1cccnc1. The smallest absolute Gasteiger partial charge is 0.254 e. The molecule has 1 aliphatic heterocycles. The fraction of sp³-hybridized carbons (Fsp3) is 0.217. The van der Waals surface area contributed by atoms with Gasteiger partial charge in [-0.15, -0.1) is 0 Å². The lowest BCUT2D eigenvalue weighted by atomic mass is 10.0. The van der Waals surface area contributed by atoms with Crippen molar-refractivity contribution in [3.8, 4) is 16.9 Å². The fourth-order valence-electron chi connectivity index (χ4n) is 3.44. The van der Waals surface area contributed by atoms with E-state index in [2.05, 4.69) is 10.3 Å². The van der Waals surface area contributed by atoms with Gasteiger partial charge in [0.2, 0.25) is 0 Å². The third-order valence-electron chi connectivity index (χ3n) is 4.97. The largest absolute Gasteiger partial charge is 0.490 e. The van der Waals surface area contributed by atoms with Gasteiger partial charge in [-0.05, 0) is 47.5 Å². The van der Waals surface area contributed by atoms with Crippen molar-refractivity contribution in [1.82, 2.24) is 15.2 Å². The van der Waals surface area contributed by atoms with E-state index >= 15 is 0 Å². The van der Waals surface area contributed by atoms with Gasteiger partial charge in [-0.2, -0.15) is 0 Å². The van der Waals surface area contributed by atoms with Crippen LogP contribution < -0.4 is 10.1 Å². The summed E-state index contributed by atoms with van der Waals surface area (Å²) in [4.78, 5) is 19.1. The molecule has 4 rings (SSSR count). The number of nitrogens with zero attached hydrogens (tertiary/aromatic N) is 2. The Bertz CT molecular complexity index is 963. The lowest BCUT2D eigenvalue weighted by Gasteiger charge is -2.36. The molecule has 2 aromatic carbocycles. The zero-order valence-corrected chi connectivity index (χ0v) is 15.9. The van der Waals surface area contributed by atoms with Crippen molar-refractivity contribution in [3.05, 3.63) is 84.4 Å². The molecular formula is C23H22FN3O2. The number of carbonyl (C=O) groups excluding carboxylic acids is 1. The summed E-state index contributed by atoms with van der Waals surface area (Å²) < 4.78 is 19.0. The van der Waals surface area contributed by atoms with Crippen LogP contribution in [0, 0.1) is 5.82 Å². The van der Waals surface area contributed by atoms with Gasteiger partial charge in [0.1, 0.15) is 18.2 Å². The normalized spacial score (nSPS) is 16.4. The second kappa shape index (κ2) is 8.84. The Morgan fingerprint density at radius 2 is 2.00 bits per heavy atom. The van der Waals surface area contributed by atoms with Crippen LogP contribution in [0.2, 0.25) is 0 Å². The molecule has 1 saturated heterocycles. The number of ether oxygens (including phenoxy) is 1. The number of amides is 1. The van der Waals surface area contributed by atoms with Crippen molar-refractivity contribution in [3.63, 3.8) is 0 Å². The highest BCUT2D eigenvalue weighted by atomic mass is 19.1. The van der Waals surface area contributed by atoms with Gasteiger partial charge in [0.05, 0.1) is 12.2 Å². The third-order valence-corrected chi connectivity index (χ3v) is 4.97. The molecular weight excluding hydrogens is 369 g/mol. The first-order valence-corrected chi connectivity index (χ1v) is 9.61. The molecule has 0 saturated carbocycles. The molecule has 1 aliphatic rings. The first kappa shape index (κ1) is 19.1. The van der Waals surface area contributed by atoms with Crippen molar-refractivity contribution in [2.75, 3.05) is 26.2 Å². The van der Waals surface area contributed by atoms with Crippen molar-refractivity contribution in [2.45, 2.75) is 6.04 Å². The highest BCUT2D eigenvalue weighted by Crippen LogP contribution is 2.22. The summed E-state index contributed by atoms with van der Waals surface area (Å²) in [6, 6.07) is 17.3. The van der Waals surface area contributed by atoms with E-state index in [1.54, 1.807) is 24.5 Å². The Morgan fingerprint density at radius 3 is 2.79 bits per heavy atom. The number of nitrogens with one attached hydrogen (secondary N) is 1. The van der Waals surface area contributed by atoms with Crippen molar-refractivity contribution in [2.24, 2.45) is 0 Å². The number of hydrogen-bond acceptors (Lipinski definition) is 4. The minimum absolute atomic E-state index is 0.0322. The zero-order chi connectivity index (χ0) is 20.1. The maximum Gasteiger partial charge on any atom is 0.254 e. The summed E-state index contributed by atoms with van der Waals surface area (Å²) in [7, 11) is 0. The lowest BCUT2D eigenvalue weighted by Crippen LogP contribution is -2.55. The maximum absolute atomic E-state index is 13.2. The molecule has 3 aromatic rings. The van der Waals surface area contributed by atoms with E-state index in [0.717, 1.165) is 17.7 Å². The molecule has 5 nitrogen and oxygen atoms in total. The summed E-state index contributed by atoms with van der Waals surface area (Å²) in [5.41, 5.74) is 2.37. The van der Waals surface area contributed by atoms with Crippen LogP contribution in [0.3, 0.4) is 0 Å². The first-order chi connectivity index (χ1) is 14.2. The fourth-order valence-corrected chi connectivity index (χ4v) is 3.44. The monoisotopic (exact) mass is 391 g/mol. The van der Waals surface area contributed by atoms with E-state index in [9.17, 15) is 9.18 Å². The van der Waals surface area contributed by atoms with Gasteiger partial charge < -0.3 is 15.0 Å². The van der Waals surface area contributed by atoms with Crippen molar-refractivity contribution >= 4 is 5.91 Å². The standard InChI is InChI=1S/C23H22FN3O2/c24-20-8-6-17(7-9-20)18-3-1-4-19(13-18)23(28)27-12-11-26-14-21(27)16-29-22-5-2-10-25-15-22/h1-10,13,15,21,26H,11-12,14,16H2. The minimum Gasteiger partial charge on any atom is -0.490 e. The Kier molecular flexibility index (Phi) is 5.81. The van der Waals surface area contributed by atoms with Crippen molar-refractivity contribution < 1.29 is 13.9 Å². The van der Waals surface area contributed by atoms with Crippen LogP contribution >= 0.6 is 0 Å². The average Bonchev–Trinajstić information content (AvgIpc) is 2.79. The maximum atomic E-state index is 13.2. The van der Waals surface area contributed by atoms with Gasteiger partial charge in [-0.1, -0.05) is 24.3 Å². The molecule has 1 amide bonds. The summed E-state index contributed by atoms with van der Waals surface area (Å²) in [6.45, 7) is 2.42. The van der Waals surface area contributed by atoms with Crippen LogP contribution in [0.4, 0.5) is 4.39 Å². The van der Waals surface area contributed by atoms with E-state index in [4.69, 9.17) is 4.74 Å². The van der Waals surface area contributed by atoms with Gasteiger partial charge >= 0.3 is 0 Å². The van der Waals surface area contributed by atoms with Gasteiger partial charge in [-0.3, -0.25) is 9.78 Å². The zero-order valence-electron chi connectivity index (χ0n) is 15.9. The molecule has 2 heterocycles. The number of aromatic nitrogens is 1. The summed E-state index contributed by atoms with van der Waals surface area (Å²) in [5.74, 6) is 0.372. The molecule has 1 fully saturated rings. The number of pyridine rings is 1. The molecule has 0 radical (unpaired) electrons. The topological polar surface area (TPSA) is 54.5 Å². The van der Waals surface area contributed by atoms with E-state index in [1.807, 2.05) is 41.3 Å². The number of halogens is 1. The van der Waals surface area contributed by atoms with E-state index < -0.39 is 0 Å². The second-order valence-corrected chi connectivity index (χ2v) is 6.94. The Balaban J connectivity index is 1.50. The van der Waals surface area contributed by atoms with Crippen LogP contribution in [0.25, 0.3) is 11.1 Å². The van der Waals surface area contributed by atoms with Gasteiger partial charge in [0, 0.05) is 31.4 Å². The Hall–Kier alpha value is -3.25. The van der Waals surface area contributed by atoms with Crippen LogP contribution in [0.1, 0.15) is 10.4 Å². The molecule has 1 atom stereocenters. The van der Waals surface area contributed by atoms with Gasteiger partial charge in [0.15, 0.2) is 0 Å². The number of carbonyl (C=O) groups is 1. The van der Waals surface area contributed by atoms with Gasteiger partial charge in [-0.25, -0.2) is 4.39 Å². The molecule has 0 bridgehead atoms. The number of rotatable bonds is 5. The number of benzene rings is 2. The van der Waals surface area contributed by atoms with Crippen LogP contribution in [0.15, 0.2) is 73.1 Å². The predicted octanol–water partition coefficient (Wildman–Crippen LogP) is 3.38. The molecule has 1 unspecified atom stereocenters. The molecule has 6 heteroatoms. The number of piperazine rings is 1. The quantitative estimate of drug-likeness (QED) is 0.725. The third kappa shape index (κ3) is 4.60. The summed E-state index contributed by atoms with van der Waals surface area (Å²) in [5, 5.41) is 3.32. The Morgan fingerprint density at radius 1 is 1.14 bits per heavy atom. The van der Waals surface area contributed by atoms with Crippen LogP contribution in [-0.2, 0) is 0 Å². The Labute approximate surface area is 169 Å². The minimum atomic E-state index is -0.279. The molecule has 29 heavy (non-hydrogen) atoms. The average molecular weight is 391 g/mol. The summed E-state index contributed by atoms with van der Waals surface area (Å²) in [6.07, 6.45) is 3.35. The highest BCUT2D eigenvalue weighted by Gasteiger charge is 2.28. The van der Waals surface area contributed by atoms with Crippen LogP contribution in [-0.4, -0.2) is 48.1 Å².